The monoisotopic (exact) mass is 326 g/mol. The molecule has 0 saturated carbocycles. The Morgan fingerprint density at radius 3 is 2.45 bits per heavy atom. The molecule has 0 aliphatic rings. The van der Waals surface area contributed by atoms with E-state index in [4.69, 9.17) is 0 Å². The van der Waals surface area contributed by atoms with Crippen LogP contribution in [0.2, 0.25) is 0 Å². The number of nitrogens with one attached hydrogen (secondary N) is 1. The Hall–Kier alpha value is -2.26. The number of aromatic nitrogens is 1. The zero-order valence-corrected chi connectivity index (χ0v) is 11.2. The first-order valence-electron chi connectivity index (χ1n) is 5.82. The summed E-state index contributed by atoms with van der Waals surface area (Å²) in [5.74, 6) is -6.29. The number of nitrogens with zero attached hydrogens (tertiary/aromatic N) is 1. The van der Waals surface area contributed by atoms with Crippen LogP contribution >= 0.6 is 0 Å². The first-order chi connectivity index (χ1) is 10.1. The van der Waals surface area contributed by atoms with Crippen LogP contribution in [0.4, 0.5) is 22.0 Å². The minimum absolute atomic E-state index is 0.606. The van der Waals surface area contributed by atoms with E-state index in [0.717, 1.165) is 19.4 Å². The highest BCUT2D eigenvalue weighted by Gasteiger charge is 2.37. The Kier molecular flexibility index (Phi) is 5.39. The van der Waals surface area contributed by atoms with Crippen molar-refractivity contribution < 1.29 is 36.3 Å². The first-order valence-corrected chi connectivity index (χ1v) is 5.82. The minimum Gasteiger partial charge on any atom is -0.469 e. The van der Waals surface area contributed by atoms with Gasteiger partial charge in [-0.15, -0.1) is 0 Å². The Balaban J connectivity index is 2.81. The molecule has 0 fully saturated rings. The van der Waals surface area contributed by atoms with Gasteiger partial charge in [0.25, 0.3) is 11.8 Å². The van der Waals surface area contributed by atoms with Crippen molar-refractivity contribution in [2.45, 2.75) is 18.5 Å². The number of hydrogen-bond donors (Lipinski definition) is 1. The van der Waals surface area contributed by atoms with Crippen LogP contribution in [0.1, 0.15) is 22.5 Å². The molecule has 10 heteroatoms. The molecule has 22 heavy (non-hydrogen) atoms. The Morgan fingerprint density at radius 2 is 1.91 bits per heavy atom. The summed E-state index contributed by atoms with van der Waals surface area (Å²) in [4.78, 5) is 25.6. The molecule has 0 bridgehead atoms. The maximum Gasteiger partial charge on any atom is 0.418 e. The van der Waals surface area contributed by atoms with Crippen LogP contribution in [0.3, 0.4) is 0 Å². The van der Waals surface area contributed by atoms with Gasteiger partial charge in [-0.2, -0.15) is 13.2 Å². The van der Waals surface area contributed by atoms with Crippen LogP contribution in [0.5, 0.6) is 0 Å². The summed E-state index contributed by atoms with van der Waals surface area (Å²) in [6, 6.07) is 1.57. The van der Waals surface area contributed by atoms with Crippen molar-refractivity contribution in [1.82, 2.24) is 10.3 Å². The molecule has 122 valence electrons. The third kappa shape index (κ3) is 4.93. The highest BCUT2D eigenvalue weighted by atomic mass is 19.4. The van der Waals surface area contributed by atoms with Crippen molar-refractivity contribution in [3.8, 4) is 0 Å². The van der Waals surface area contributed by atoms with Gasteiger partial charge in [0.1, 0.15) is 12.1 Å². The predicted molar refractivity (Wildman–Crippen MR) is 63.2 cm³/mol. The second-order valence-electron chi connectivity index (χ2n) is 4.19. The minimum atomic E-state index is -4.85. The van der Waals surface area contributed by atoms with Gasteiger partial charge in [-0.3, -0.25) is 14.6 Å². The van der Waals surface area contributed by atoms with E-state index in [-0.39, 0.29) is 0 Å². The summed E-state index contributed by atoms with van der Waals surface area (Å²) in [6.45, 7) is -1.32. The Labute approximate surface area is 121 Å². The summed E-state index contributed by atoms with van der Waals surface area (Å²) in [5.41, 5.74) is -2.37. The fourth-order valence-corrected chi connectivity index (χ4v) is 1.45. The number of rotatable bonds is 5. The zero-order valence-electron chi connectivity index (χ0n) is 11.2. The summed E-state index contributed by atoms with van der Waals surface area (Å²) in [7, 11) is 0.903. The fourth-order valence-electron chi connectivity index (χ4n) is 1.45. The first kappa shape index (κ1) is 17.8. The standard InChI is InChI=1S/C12H11F5N2O3/c1-22-8(20)5-11(13,14)6-19-10(21)9-7(12(15,16)17)3-2-4-18-9/h2-4H,5-6H2,1H3,(H,19,21). The van der Waals surface area contributed by atoms with E-state index >= 15 is 0 Å². The SMILES string of the molecule is COC(=O)CC(F)(F)CNC(=O)c1ncccc1C(F)(F)F. The Morgan fingerprint density at radius 1 is 1.27 bits per heavy atom. The molecule has 0 atom stereocenters. The van der Waals surface area contributed by atoms with Gasteiger partial charge in [0.05, 0.1) is 19.2 Å². The number of methoxy groups -OCH3 is 1. The number of carbonyl (C=O) groups is 2. The van der Waals surface area contributed by atoms with Crippen molar-refractivity contribution in [2.75, 3.05) is 13.7 Å². The van der Waals surface area contributed by atoms with E-state index in [9.17, 15) is 31.5 Å². The molecule has 0 aromatic carbocycles. The van der Waals surface area contributed by atoms with Crippen LogP contribution in [-0.2, 0) is 15.7 Å². The molecule has 1 aromatic heterocycles. The molecular formula is C12H11F5N2O3. The van der Waals surface area contributed by atoms with Crippen LogP contribution in [0.15, 0.2) is 18.3 Å². The summed E-state index contributed by atoms with van der Waals surface area (Å²) in [5, 5.41) is 1.62. The predicted octanol–water partition coefficient (Wildman–Crippen LogP) is 2.03. The van der Waals surface area contributed by atoms with E-state index in [1.807, 2.05) is 0 Å². The lowest BCUT2D eigenvalue weighted by molar-refractivity contribution is -0.148. The van der Waals surface area contributed by atoms with Crippen molar-refractivity contribution in [3.63, 3.8) is 0 Å². The summed E-state index contributed by atoms with van der Waals surface area (Å²) >= 11 is 0. The van der Waals surface area contributed by atoms with Crippen molar-refractivity contribution in [1.29, 1.82) is 0 Å². The fraction of sp³-hybridized carbons (Fsp3) is 0.417. The van der Waals surface area contributed by atoms with Gasteiger partial charge in [-0.25, -0.2) is 8.78 Å². The van der Waals surface area contributed by atoms with Gasteiger partial charge in [-0.1, -0.05) is 0 Å². The number of alkyl halides is 5. The third-order valence-corrected chi connectivity index (χ3v) is 2.47. The van der Waals surface area contributed by atoms with E-state index in [0.29, 0.717) is 6.07 Å². The zero-order chi connectivity index (χ0) is 17.0. The average molecular weight is 326 g/mol. The lowest BCUT2D eigenvalue weighted by atomic mass is 10.1. The number of halogens is 5. The van der Waals surface area contributed by atoms with Gasteiger partial charge in [-0.05, 0) is 12.1 Å². The molecule has 0 saturated heterocycles. The Bertz CT molecular complexity index is 560. The molecule has 0 unspecified atom stereocenters. The van der Waals surface area contributed by atoms with Gasteiger partial charge >= 0.3 is 12.1 Å². The van der Waals surface area contributed by atoms with Gasteiger partial charge in [0.15, 0.2) is 0 Å². The molecule has 1 N–H and O–H groups in total. The number of ether oxygens (including phenoxy) is 1. The maximum absolute atomic E-state index is 13.3. The molecule has 0 aliphatic carbocycles. The molecule has 1 amide bonds. The quantitative estimate of drug-likeness (QED) is 0.664. The van der Waals surface area contributed by atoms with Crippen molar-refractivity contribution in [3.05, 3.63) is 29.6 Å². The maximum atomic E-state index is 13.3. The van der Waals surface area contributed by atoms with Gasteiger partial charge in [0, 0.05) is 6.20 Å². The highest BCUT2D eigenvalue weighted by molar-refractivity contribution is 5.93. The van der Waals surface area contributed by atoms with Gasteiger partial charge < -0.3 is 10.1 Å². The van der Waals surface area contributed by atoms with Gasteiger partial charge in [0.2, 0.25) is 0 Å². The van der Waals surface area contributed by atoms with E-state index in [2.05, 4.69) is 9.72 Å². The smallest absolute Gasteiger partial charge is 0.418 e. The lowest BCUT2D eigenvalue weighted by Gasteiger charge is -2.16. The molecule has 0 radical (unpaired) electrons. The molecule has 0 spiro atoms. The molecule has 0 aliphatic heterocycles. The van der Waals surface area contributed by atoms with E-state index in [1.54, 1.807) is 5.32 Å². The molecular weight excluding hydrogens is 315 g/mol. The molecule has 1 aromatic rings. The summed E-state index contributed by atoms with van der Waals surface area (Å²) < 4.78 is 68.7. The number of esters is 1. The molecule has 1 rings (SSSR count). The van der Waals surface area contributed by atoms with Crippen LogP contribution in [0, 0.1) is 0 Å². The highest BCUT2D eigenvalue weighted by Crippen LogP contribution is 2.31. The summed E-state index contributed by atoms with van der Waals surface area (Å²) in [6.07, 6.45) is -5.23. The third-order valence-electron chi connectivity index (χ3n) is 2.47. The van der Waals surface area contributed by atoms with Crippen LogP contribution in [-0.4, -0.2) is 36.4 Å². The largest absolute Gasteiger partial charge is 0.469 e. The van der Waals surface area contributed by atoms with Crippen molar-refractivity contribution >= 4 is 11.9 Å². The number of amides is 1. The van der Waals surface area contributed by atoms with E-state index < -0.39 is 48.2 Å². The second-order valence-corrected chi connectivity index (χ2v) is 4.19. The number of carbonyl (C=O) groups excluding carboxylic acids is 2. The number of pyridine rings is 1. The average Bonchev–Trinajstić information content (AvgIpc) is 2.43. The molecule has 5 nitrogen and oxygen atoms in total. The van der Waals surface area contributed by atoms with Crippen molar-refractivity contribution in [2.24, 2.45) is 0 Å². The lowest BCUT2D eigenvalue weighted by Crippen LogP contribution is -2.39. The van der Waals surface area contributed by atoms with E-state index in [1.165, 1.54) is 0 Å². The molecule has 1 heterocycles. The van der Waals surface area contributed by atoms with Crippen LogP contribution < -0.4 is 5.32 Å². The van der Waals surface area contributed by atoms with Crippen LogP contribution in [0.25, 0.3) is 0 Å². The number of hydrogen-bond acceptors (Lipinski definition) is 4. The normalized spacial score (nSPS) is 11.9. The second kappa shape index (κ2) is 6.67. The topological polar surface area (TPSA) is 68.3 Å².